The summed E-state index contributed by atoms with van der Waals surface area (Å²) in [5, 5.41) is 0. The molecule has 1 aliphatic heterocycles. The molecule has 0 aromatic rings. The van der Waals surface area contributed by atoms with Crippen molar-refractivity contribution < 1.29 is 23.7 Å². The fourth-order valence-corrected chi connectivity index (χ4v) is 1.55. The highest BCUT2D eigenvalue weighted by atomic mass is 16.7. The minimum atomic E-state index is -0.0229. The fourth-order valence-electron chi connectivity index (χ4n) is 1.55. The van der Waals surface area contributed by atoms with E-state index in [1.807, 2.05) is 0 Å². The lowest BCUT2D eigenvalue weighted by Gasteiger charge is -2.22. The van der Waals surface area contributed by atoms with Crippen molar-refractivity contribution >= 4 is 0 Å². The van der Waals surface area contributed by atoms with Crippen LogP contribution in [0.1, 0.15) is 19.3 Å². The summed E-state index contributed by atoms with van der Waals surface area (Å²) in [5.41, 5.74) is 0. The topological polar surface area (TPSA) is 46.2 Å². The lowest BCUT2D eigenvalue weighted by molar-refractivity contribution is -0.169. The molecule has 0 saturated carbocycles. The van der Waals surface area contributed by atoms with Crippen molar-refractivity contribution in [1.82, 2.24) is 0 Å². The van der Waals surface area contributed by atoms with E-state index in [9.17, 15) is 0 Å². The summed E-state index contributed by atoms with van der Waals surface area (Å²) in [6.45, 7) is 4.44. The summed E-state index contributed by atoms with van der Waals surface area (Å²) in [5.74, 6) is 0. The van der Waals surface area contributed by atoms with Crippen molar-refractivity contribution in [2.75, 3.05) is 53.4 Å². The number of rotatable bonds is 10. The molecule has 0 aliphatic carbocycles. The van der Waals surface area contributed by atoms with Gasteiger partial charge in [-0.3, -0.25) is 0 Å². The maximum atomic E-state index is 5.52. The summed E-state index contributed by atoms with van der Waals surface area (Å²) in [7, 11) is 1.66. The molecule has 0 aromatic carbocycles. The Morgan fingerprint density at radius 3 is 2.29 bits per heavy atom. The highest BCUT2D eigenvalue weighted by molar-refractivity contribution is 4.53. The van der Waals surface area contributed by atoms with Crippen LogP contribution in [0.3, 0.4) is 0 Å². The predicted octanol–water partition coefficient (Wildman–Crippen LogP) is 1.21. The van der Waals surface area contributed by atoms with Crippen LogP contribution in [-0.4, -0.2) is 59.6 Å². The summed E-state index contributed by atoms with van der Waals surface area (Å²) < 4.78 is 26.4. The summed E-state index contributed by atoms with van der Waals surface area (Å²) >= 11 is 0. The Morgan fingerprint density at radius 2 is 1.65 bits per heavy atom. The molecular weight excluding hydrogens is 224 g/mol. The standard InChI is InChI=1S/C12H24O5/c1-13-6-7-14-8-9-15-10-11-17-12-4-2-3-5-16-12/h12H,2-11H2,1H3. The number of hydrogen-bond donors (Lipinski definition) is 0. The quantitative estimate of drug-likeness (QED) is 0.544. The highest BCUT2D eigenvalue weighted by Crippen LogP contribution is 2.13. The molecule has 1 aliphatic rings. The van der Waals surface area contributed by atoms with E-state index in [0.717, 1.165) is 19.4 Å². The Balaban J connectivity index is 1.75. The van der Waals surface area contributed by atoms with Gasteiger partial charge < -0.3 is 23.7 Å². The highest BCUT2D eigenvalue weighted by Gasteiger charge is 2.13. The van der Waals surface area contributed by atoms with E-state index in [1.165, 1.54) is 6.42 Å². The van der Waals surface area contributed by atoms with Gasteiger partial charge in [-0.05, 0) is 19.3 Å². The number of methoxy groups -OCH3 is 1. The Hall–Kier alpha value is -0.200. The molecular formula is C12H24O5. The lowest BCUT2D eigenvalue weighted by atomic mass is 10.2. The first kappa shape index (κ1) is 14.9. The molecule has 0 spiro atoms. The van der Waals surface area contributed by atoms with Gasteiger partial charge in [0.1, 0.15) is 0 Å². The molecule has 1 rings (SSSR count). The second-order valence-electron chi connectivity index (χ2n) is 3.88. The van der Waals surface area contributed by atoms with Crippen LogP contribution in [0.25, 0.3) is 0 Å². The molecule has 17 heavy (non-hydrogen) atoms. The number of ether oxygens (including phenoxy) is 5. The van der Waals surface area contributed by atoms with E-state index < -0.39 is 0 Å². The van der Waals surface area contributed by atoms with Crippen molar-refractivity contribution in [3.63, 3.8) is 0 Å². The molecule has 0 bridgehead atoms. The molecule has 0 N–H and O–H groups in total. The summed E-state index contributed by atoms with van der Waals surface area (Å²) in [4.78, 5) is 0. The van der Waals surface area contributed by atoms with Crippen LogP contribution >= 0.6 is 0 Å². The Kier molecular flexibility index (Phi) is 9.55. The predicted molar refractivity (Wildman–Crippen MR) is 63.1 cm³/mol. The van der Waals surface area contributed by atoms with E-state index in [0.29, 0.717) is 39.6 Å². The first-order valence-electron chi connectivity index (χ1n) is 6.31. The van der Waals surface area contributed by atoms with Gasteiger partial charge in [0, 0.05) is 13.7 Å². The van der Waals surface area contributed by atoms with E-state index in [1.54, 1.807) is 7.11 Å². The van der Waals surface area contributed by atoms with Gasteiger partial charge in [0.05, 0.1) is 39.6 Å². The minimum Gasteiger partial charge on any atom is -0.382 e. The first-order valence-corrected chi connectivity index (χ1v) is 6.31. The third kappa shape index (κ3) is 8.51. The summed E-state index contributed by atoms with van der Waals surface area (Å²) in [6, 6.07) is 0. The monoisotopic (exact) mass is 248 g/mol. The lowest BCUT2D eigenvalue weighted by Crippen LogP contribution is -2.24. The molecule has 0 radical (unpaired) electrons. The zero-order chi connectivity index (χ0) is 12.2. The number of hydrogen-bond acceptors (Lipinski definition) is 5. The first-order chi connectivity index (χ1) is 8.43. The Bertz CT molecular complexity index is 159. The van der Waals surface area contributed by atoms with Crippen molar-refractivity contribution in [2.45, 2.75) is 25.6 Å². The molecule has 1 fully saturated rings. The Labute approximate surface area is 103 Å². The van der Waals surface area contributed by atoms with Gasteiger partial charge in [-0.2, -0.15) is 0 Å². The van der Waals surface area contributed by atoms with Crippen LogP contribution in [0, 0.1) is 0 Å². The second kappa shape index (κ2) is 10.9. The van der Waals surface area contributed by atoms with Crippen molar-refractivity contribution in [2.24, 2.45) is 0 Å². The van der Waals surface area contributed by atoms with Crippen LogP contribution in [0.2, 0.25) is 0 Å². The van der Waals surface area contributed by atoms with Crippen molar-refractivity contribution in [1.29, 1.82) is 0 Å². The van der Waals surface area contributed by atoms with Gasteiger partial charge in [-0.25, -0.2) is 0 Å². The molecule has 5 heteroatoms. The smallest absolute Gasteiger partial charge is 0.157 e. The largest absolute Gasteiger partial charge is 0.382 e. The van der Waals surface area contributed by atoms with Crippen LogP contribution < -0.4 is 0 Å². The van der Waals surface area contributed by atoms with Crippen LogP contribution in [-0.2, 0) is 23.7 Å². The fraction of sp³-hybridized carbons (Fsp3) is 1.00. The second-order valence-corrected chi connectivity index (χ2v) is 3.88. The van der Waals surface area contributed by atoms with E-state index in [2.05, 4.69) is 0 Å². The molecule has 102 valence electrons. The molecule has 1 saturated heterocycles. The van der Waals surface area contributed by atoms with Crippen LogP contribution in [0.4, 0.5) is 0 Å². The average molecular weight is 248 g/mol. The molecule has 1 atom stereocenters. The summed E-state index contributed by atoms with van der Waals surface area (Å²) in [6.07, 6.45) is 3.32. The SMILES string of the molecule is COCCOCCOCCOC1CCCCO1. The van der Waals surface area contributed by atoms with E-state index in [4.69, 9.17) is 23.7 Å². The zero-order valence-corrected chi connectivity index (χ0v) is 10.7. The van der Waals surface area contributed by atoms with Gasteiger partial charge in [0.25, 0.3) is 0 Å². The van der Waals surface area contributed by atoms with Crippen molar-refractivity contribution in [3.8, 4) is 0 Å². The maximum absolute atomic E-state index is 5.52. The average Bonchev–Trinajstić information content (AvgIpc) is 2.38. The van der Waals surface area contributed by atoms with E-state index >= 15 is 0 Å². The van der Waals surface area contributed by atoms with Gasteiger partial charge in [-0.1, -0.05) is 0 Å². The molecule has 0 aromatic heterocycles. The van der Waals surface area contributed by atoms with E-state index in [-0.39, 0.29) is 6.29 Å². The Morgan fingerprint density at radius 1 is 0.941 bits per heavy atom. The third-order valence-corrected chi connectivity index (χ3v) is 2.47. The van der Waals surface area contributed by atoms with Crippen LogP contribution in [0.15, 0.2) is 0 Å². The molecule has 5 nitrogen and oxygen atoms in total. The van der Waals surface area contributed by atoms with Gasteiger partial charge in [0.2, 0.25) is 0 Å². The minimum absolute atomic E-state index is 0.0229. The maximum Gasteiger partial charge on any atom is 0.157 e. The molecule has 1 heterocycles. The third-order valence-electron chi connectivity index (χ3n) is 2.47. The van der Waals surface area contributed by atoms with Gasteiger partial charge >= 0.3 is 0 Å². The molecule has 0 amide bonds. The van der Waals surface area contributed by atoms with Crippen molar-refractivity contribution in [3.05, 3.63) is 0 Å². The zero-order valence-electron chi connectivity index (χ0n) is 10.7. The normalized spacial score (nSPS) is 20.6. The van der Waals surface area contributed by atoms with Gasteiger partial charge in [0.15, 0.2) is 6.29 Å². The van der Waals surface area contributed by atoms with Crippen LogP contribution in [0.5, 0.6) is 0 Å². The van der Waals surface area contributed by atoms with Gasteiger partial charge in [-0.15, -0.1) is 0 Å². The molecule has 1 unspecified atom stereocenters.